The molecule has 2 aromatic rings. The Morgan fingerprint density at radius 3 is 2.45 bits per heavy atom. The number of phenols is 1. The highest BCUT2D eigenvalue weighted by atomic mass is 16.5. The van der Waals surface area contributed by atoms with E-state index in [1.807, 2.05) is 42.2 Å². The average molecular weight is 454 g/mol. The first-order valence-corrected chi connectivity index (χ1v) is 12.1. The molecule has 2 fully saturated rings. The van der Waals surface area contributed by atoms with Gasteiger partial charge in [-0.2, -0.15) is 0 Å². The molecule has 2 heterocycles. The van der Waals surface area contributed by atoms with E-state index < -0.39 is 0 Å². The minimum atomic E-state index is -0.354. The van der Waals surface area contributed by atoms with Crippen LogP contribution < -0.4 is 15.6 Å². The number of hydrogen-bond donors (Lipinski definition) is 3. The van der Waals surface area contributed by atoms with Crippen molar-refractivity contribution in [3.63, 3.8) is 0 Å². The minimum Gasteiger partial charge on any atom is -0.508 e. The average Bonchev–Trinajstić information content (AvgIpc) is 3.37. The summed E-state index contributed by atoms with van der Waals surface area (Å²) in [4.78, 5) is 15.4. The van der Waals surface area contributed by atoms with E-state index in [0.29, 0.717) is 26.4 Å². The monoisotopic (exact) mass is 453 g/mol. The molecular formula is C26H35N3O4. The number of hydrogen-bond acceptors (Lipinski definition) is 6. The lowest BCUT2D eigenvalue weighted by atomic mass is 9.83. The summed E-state index contributed by atoms with van der Waals surface area (Å²) < 4.78 is 11.4. The van der Waals surface area contributed by atoms with E-state index in [1.54, 1.807) is 6.07 Å². The number of likely N-dealkylation sites (tertiary alicyclic amines) is 1. The third kappa shape index (κ3) is 5.00. The van der Waals surface area contributed by atoms with Gasteiger partial charge in [-0.3, -0.25) is 4.79 Å². The summed E-state index contributed by atoms with van der Waals surface area (Å²) in [5.41, 5.74) is 8.36. The number of para-hydroxylation sites is 1. The van der Waals surface area contributed by atoms with Crippen LogP contribution in [0.3, 0.4) is 0 Å². The second-order valence-electron chi connectivity index (χ2n) is 8.68. The molecule has 2 aromatic carbocycles. The second kappa shape index (κ2) is 11.0. The van der Waals surface area contributed by atoms with Gasteiger partial charge in [0.1, 0.15) is 17.5 Å². The quantitative estimate of drug-likeness (QED) is 0.450. The van der Waals surface area contributed by atoms with E-state index in [0.717, 1.165) is 36.1 Å². The number of amides is 1. The van der Waals surface area contributed by atoms with Gasteiger partial charge in [0.2, 0.25) is 5.91 Å². The van der Waals surface area contributed by atoms with Gasteiger partial charge in [0.05, 0.1) is 18.7 Å². The number of rotatable bonds is 11. The van der Waals surface area contributed by atoms with Crippen LogP contribution in [0.1, 0.15) is 56.3 Å². The molecule has 178 valence electrons. The highest BCUT2D eigenvalue weighted by molar-refractivity contribution is 5.86. The Labute approximate surface area is 196 Å². The summed E-state index contributed by atoms with van der Waals surface area (Å²) in [6, 6.07) is 14.8. The second-order valence-corrected chi connectivity index (χ2v) is 8.68. The molecule has 33 heavy (non-hydrogen) atoms. The van der Waals surface area contributed by atoms with Crippen LogP contribution >= 0.6 is 0 Å². The molecule has 0 aliphatic carbocycles. The van der Waals surface area contributed by atoms with Crippen LogP contribution in [0.2, 0.25) is 0 Å². The lowest BCUT2D eigenvalue weighted by Crippen LogP contribution is -2.41. The van der Waals surface area contributed by atoms with Crippen molar-refractivity contribution in [2.75, 3.05) is 26.4 Å². The molecule has 0 radical (unpaired) electrons. The van der Waals surface area contributed by atoms with Crippen molar-refractivity contribution in [2.24, 2.45) is 5.92 Å². The number of benzene rings is 2. The van der Waals surface area contributed by atoms with Crippen LogP contribution in [-0.2, 0) is 9.53 Å². The Bertz CT molecular complexity index is 920. The summed E-state index contributed by atoms with van der Waals surface area (Å²) in [7, 11) is 0. The SMILES string of the molecule is CCCCOc1ccc(C2C3C(NNC3c3ccccc3O)C(=O)N2CCCOCC)cc1. The highest BCUT2D eigenvalue weighted by Crippen LogP contribution is 2.48. The number of phenolic OH excluding ortho intramolecular Hbond substituents is 1. The van der Waals surface area contributed by atoms with Crippen molar-refractivity contribution in [3.8, 4) is 11.5 Å². The third-order valence-electron chi connectivity index (χ3n) is 6.57. The number of unbranched alkanes of at least 4 members (excludes halogenated alkanes) is 1. The molecule has 1 amide bonds. The normalized spacial score (nSPS) is 24.3. The zero-order valence-corrected chi connectivity index (χ0v) is 19.5. The van der Waals surface area contributed by atoms with Crippen LogP contribution in [0.15, 0.2) is 48.5 Å². The maximum atomic E-state index is 13.4. The lowest BCUT2D eigenvalue weighted by molar-refractivity contribution is -0.131. The number of hydrazine groups is 1. The first-order valence-electron chi connectivity index (χ1n) is 12.1. The van der Waals surface area contributed by atoms with Gasteiger partial charge in [0, 0.05) is 31.2 Å². The largest absolute Gasteiger partial charge is 0.508 e. The van der Waals surface area contributed by atoms with Gasteiger partial charge < -0.3 is 19.5 Å². The standard InChI is InChI=1S/C26H35N3O4/c1-3-5-17-33-19-13-11-18(12-14-19)25-22-23(20-9-6-7-10-21(20)30)27-28-24(22)26(31)29(25)15-8-16-32-4-2/h6-7,9-14,22-25,27-28,30H,3-5,8,15-17H2,1-2H3. The molecule has 0 aromatic heterocycles. The predicted octanol–water partition coefficient (Wildman–Crippen LogP) is 3.71. The van der Waals surface area contributed by atoms with Crippen LogP contribution in [0.5, 0.6) is 11.5 Å². The molecule has 2 saturated heterocycles. The van der Waals surface area contributed by atoms with Crippen LogP contribution in [-0.4, -0.2) is 48.3 Å². The molecule has 0 spiro atoms. The van der Waals surface area contributed by atoms with Gasteiger partial charge in [-0.25, -0.2) is 10.9 Å². The van der Waals surface area contributed by atoms with Gasteiger partial charge in [-0.1, -0.05) is 43.7 Å². The van der Waals surface area contributed by atoms with E-state index in [9.17, 15) is 9.90 Å². The van der Waals surface area contributed by atoms with Gasteiger partial charge in [-0.05, 0) is 43.5 Å². The highest BCUT2D eigenvalue weighted by Gasteiger charge is 2.55. The summed E-state index contributed by atoms with van der Waals surface area (Å²) >= 11 is 0. The Balaban J connectivity index is 1.62. The van der Waals surface area contributed by atoms with E-state index in [1.165, 1.54) is 0 Å². The Morgan fingerprint density at radius 1 is 0.970 bits per heavy atom. The van der Waals surface area contributed by atoms with Crippen molar-refractivity contribution in [1.29, 1.82) is 0 Å². The summed E-state index contributed by atoms with van der Waals surface area (Å²) in [5.74, 6) is 1.09. The molecule has 7 nitrogen and oxygen atoms in total. The molecule has 2 aliphatic heterocycles. The molecule has 4 atom stereocenters. The Hall–Kier alpha value is -2.61. The molecule has 4 unspecified atom stereocenters. The smallest absolute Gasteiger partial charge is 0.242 e. The van der Waals surface area contributed by atoms with E-state index in [2.05, 4.69) is 29.9 Å². The molecule has 0 bridgehead atoms. The van der Waals surface area contributed by atoms with Crippen molar-refractivity contribution in [3.05, 3.63) is 59.7 Å². The lowest BCUT2D eigenvalue weighted by Gasteiger charge is -2.31. The van der Waals surface area contributed by atoms with Crippen molar-refractivity contribution < 1.29 is 19.4 Å². The van der Waals surface area contributed by atoms with E-state index in [-0.39, 0.29) is 35.7 Å². The number of carbonyl (C=O) groups excluding carboxylic acids is 1. The molecule has 4 rings (SSSR count). The Kier molecular flexibility index (Phi) is 7.85. The molecule has 2 aliphatic rings. The topological polar surface area (TPSA) is 83.1 Å². The van der Waals surface area contributed by atoms with Gasteiger partial charge >= 0.3 is 0 Å². The first-order chi connectivity index (χ1) is 16.2. The summed E-state index contributed by atoms with van der Waals surface area (Å²) in [6.45, 7) is 6.75. The number of ether oxygens (including phenoxy) is 2. The number of nitrogens with one attached hydrogen (secondary N) is 2. The number of aromatic hydroxyl groups is 1. The zero-order valence-electron chi connectivity index (χ0n) is 19.5. The fraction of sp³-hybridized carbons (Fsp3) is 0.500. The maximum Gasteiger partial charge on any atom is 0.242 e. The first kappa shape index (κ1) is 23.5. The summed E-state index contributed by atoms with van der Waals surface area (Å²) in [6.07, 6.45) is 2.90. The number of carbonyl (C=O) groups is 1. The van der Waals surface area contributed by atoms with Gasteiger partial charge in [0.15, 0.2) is 0 Å². The predicted molar refractivity (Wildman–Crippen MR) is 127 cm³/mol. The number of nitrogens with zero attached hydrogens (tertiary/aromatic N) is 1. The fourth-order valence-corrected chi connectivity index (χ4v) is 4.94. The third-order valence-corrected chi connectivity index (χ3v) is 6.57. The molecule has 7 heteroatoms. The van der Waals surface area contributed by atoms with E-state index >= 15 is 0 Å². The summed E-state index contributed by atoms with van der Waals surface area (Å²) in [5, 5.41) is 10.5. The van der Waals surface area contributed by atoms with Crippen molar-refractivity contribution in [2.45, 2.75) is 51.2 Å². The fourth-order valence-electron chi connectivity index (χ4n) is 4.94. The Morgan fingerprint density at radius 2 is 1.73 bits per heavy atom. The van der Waals surface area contributed by atoms with Crippen LogP contribution in [0, 0.1) is 5.92 Å². The van der Waals surface area contributed by atoms with Crippen molar-refractivity contribution >= 4 is 5.91 Å². The maximum absolute atomic E-state index is 13.4. The molecular weight excluding hydrogens is 418 g/mol. The van der Waals surface area contributed by atoms with E-state index in [4.69, 9.17) is 9.47 Å². The molecule has 3 N–H and O–H groups in total. The van der Waals surface area contributed by atoms with Crippen molar-refractivity contribution in [1.82, 2.24) is 15.8 Å². The number of fused-ring (bicyclic) bond motifs is 1. The van der Waals surface area contributed by atoms with Crippen LogP contribution in [0.25, 0.3) is 0 Å². The zero-order chi connectivity index (χ0) is 23.2. The minimum absolute atomic E-state index is 0.0650. The molecule has 0 saturated carbocycles. The van der Waals surface area contributed by atoms with Gasteiger partial charge in [-0.15, -0.1) is 0 Å². The van der Waals surface area contributed by atoms with Gasteiger partial charge in [0.25, 0.3) is 0 Å². The van der Waals surface area contributed by atoms with Crippen LogP contribution in [0.4, 0.5) is 0 Å².